The number of unbranched alkanes of at least 4 members (excludes halogenated alkanes) is 4. The zero-order chi connectivity index (χ0) is 12.5. The lowest BCUT2D eigenvalue weighted by Gasteiger charge is -2.04. The Kier molecular flexibility index (Phi) is 6.38. The van der Waals surface area contributed by atoms with E-state index in [4.69, 9.17) is 0 Å². The van der Waals surface area contributed by atoms with Crippen molar-refractivity contribution >= 4 is 11.6 Å². The highest BCUT2D eigenvalue weighted by Gasteiger charge is 1.97. The van der Waals surface area contributed by atoms with Gasteiger partial charge in [0, 0.05) is 12.6 Å². The highest BCUT2D eigenvalue weighted by Crippen LogP contribution is 2.13. The van der Waals surface area contributed by atoms with Crippen LogP contribution in [0.1, 0.15) is 51.5 Å². The second-order valence-electron chi connectivity index (χ2n) is 4.54. The molecule has 2 heteroatoms. The Balaban J connectivity index is 2.28. The smallest absolute Gasteiger partial charge is 0.221 e. The number of benzene rings is 1. The Morgan fingerprint density at radius 1 is 1.06 bits per heavy atom. The van der Waals surface area contributed by atoms with Gasteiger partial charge < -0.3 is 5.32 Å². The molecule has 1 rings (SSSR count). The molecule has 0 aliphatic rings. The van der Waals surface area contributed by atoms with Crippen molar-refractivity contribution in [2.75, 3.05) is 5.32 Å². The first kappa shape index (κ1) is 13.8. The van der Waals surface area contributed by atoms with Crippen molar-refractivity contribution < 1.29 is 4.79 Å². The Labute approximate surface area is 104 Å². The van der Waals surface area contributed by atoms with E-state index in [2.05, 4.69) is 24.4 Å². The number of amides is 1. The van der Waals surface area contributed by atoms with Gasteiger partial charge in [0.05, 0.1) is 0 Å². The van der Waals surface area contributed by atoms with Crippen LogP contribution >= 0.6 is 0 Å². The minimum absolute atomic E-state index is 0.0164. The summed E-state index contributed by atoms with van der Waals surface area (Å²) in [6.07, 6.45) is 7.72. The molecule has 17 heavy (non-hydrogen) atoms. The van der Waals surface area contributed by atoms with Crippen molar-refractivity contribution in [1.29, 1.82) is 0 Å². The van der Waals surface area contributed by atoms with Gasteiger partial charge in [0.25, 0.3) is 0 Å². The standard InChI is InChI=1S/C15H23NO/c1-3-4-5-6-7-8-14-9-11-15(12-10-14)16-13(2)17/h9-12H,3-8H2,1-2H3,(H,16,17). The van der Waals surface area contributed by atoms with Gasteiger partial charge in [-0.2, -0.15) is 0 Å². The molecule has 1 N–H and O–H groups in total. The van der Waals surface area contributed by atoms with Crippen LogP contribution in [-0.4, -0.2) is 5.91 Å². The quantitative estimate of drug-likeness (QED) is 0.704. The number of aryl methyl sites for hydroxylation is 1. The first-order chi connectivity index (χ1) is 8.22. The van der Waals surface area contributed by atoms with E-state index in [-0.39, 0.29) is 5.91 Å². The van der Waals surface area contributed by atoms with Gasteiger partial charge >= 0.3 is 0 Å². The van der Waals surface area contributed by atoms with Crippen LogP contribution in [0.3, 0.4) is 0 Å². The predicted octanol–water partition coefficient (Wildman–Crippen LogP) is 4.16. The fourth-order valence-corrected chi connectivity index (χ4v) is 1.89. The summed E-state index contributed by atoms with van der Waals surface area (Å²) >= 11 is 0. The molecule has 2 nitrogen and oxygen atoms in total. The molecular weight excluding hydrogens is 210 g/mol. The van der Waals surface area contributed by atoms with Crippen LogP contribution in [0.25, 0.3) is 0 Å². The number of hydrogen-bond acceptors (Lipinski definition) is 1. The molecule has 0 bridgehead atoms. The molecule has 0 heterocycles. The zero-order valence-corrected chi connectivity index (χ0v) is 11.0. The molecular formula is C15H23NO. The van der Waals surface area contributed by atoms with Gasteiger partial charge in [-0.15, -0.1) is 0 Å². The van der Waals surface area contributed by atoms with Gasteiger partial charge in [0.1, 0.15) is 0 Å². The number of carbonyl (C=O) groups excluding carboxylic acids is 1. The largest absolute Gasteiger partial charge is 0.326 e. The molecule has 0 spiro atoms. The topological polar surface area (TPSA) is 29.1 Å². The third kappa shape index (κ3) is 6.10. The van der Waals surface area contributed by atoms with Crippen LogP contribution in [0, 0.1) is 0 Å². The average molecular weight is 233 g/mol. The molecule has 0 atom stereocenters. The van der Waals surface area contributed by atoms with Crippen LogP contribution in [0.4, 0.5) is 5.69 Å². The highest BCUT2D eigenvalue weighted by molar-refractivity contribution is 5.88. The van der Waals surface area contributed by atoms with E-state index < -0.39 is 0 Å². The van der Waals surface area contributed by atoms with Crippen molar-refractivity contribution in [2.45, 2.75) is 52.4 Å². The van der Waals surface area contributed by atoms with Crippen molar-refractivity contribution in [3.63, 3.8) is 0 Å². The van der Waals surface area contributed by atoms with Crippen molar-refractivity contribution in [2.24, 2.45) is 0 Å². The number of hydrogen-bond donors (Lipinski definition) is 1. The van der Waals surface area contributed by atoms with Gasteiger partial charge in [-0.25, -0.2) is 0 Å². The van der Waals surface area contributed by atoms with E-state index in [0.29, 0.717) is 0 Å². The third-order valence-corrected chi connectivity index (χ3v) is 2.84. The van der Waals surface area contributed by atoms with Crippen LogP contribution in [0.2, 0.25) is 0 Å². The van der Waals surface area contributed by atoms with Gasteiger partial charge in [-0.3, -0.25) is 4.79 Å². The van der Waals surface area contributed by atoms with Crippen LogP contribution in [0.15, 0.2) is 24.3 Å². The van der Waals surface area contributed by atoms with Crippen molar-refractivity contribution in [3.05, 3.63) is 29.8 Å². The molecule has 0 radical (unpaired) electrons. The van der Waals surface area contributed by atoms with Gasteiger partial charge in [0.15, 0.2) is 0 Å². The van der Waals surface area contributed by atoms with E-state index in [1.165, 1.54) is 44.6 Å². The monoisotopic (exact) mass is 233 g/mol. The predicted molar refractivity (Wildman–Crippen MR) is 73.2 cm³/mol. The second kappa shape index (κ2) is 7.88. The summed E-state index contributed by atoms with van der Waals surface area (Å²) in [6, 6.07) is 8.15. The number of carbonyl (C=O) groups is 1. The van der Waals surface area contributed by atoms with Crippen LogP contribution in [0.5, 0.6) is 0 Å². The van der Waals surface area contributed by atoms with E-state index in [9.17, 15) is 4.79 Å². The molecule has 1 aromatic carbocycles. The number of rotatable bonds is 7. The summed E-state index contributed by atoms with van der Waals surface area (Å²) in [6.45, 7) is 3.77. The summed E-state index contributed by atoms with van der Waals surface area (Å²) in [5.41, 5.74) is 2.24. The Morgan fingerprint density at radius 2 is 1.71 bits per heavy atom. The maximum Gasteiger partial charge on any atom is 0.221 e. The minimum atomic E-state index is -0.0164. The highest BCUT2D eigenvalue weighted by atomic mass is 16.1. The molecule has 1 aromatic rings. The lowest BCUT2D eigenvalue weighted by atomic mass is 10.1. The van der Waals surface area contributed by atoms with Crippen molar-refractivity contribution in [3.8, 4) is 0 Å². The molecule has 0 unspecified atom stereocenters. The molecule has 0 saturated heterocycles. The summed E-state index contributed by atoms with van der Waals surface area (Å²) in [4.78, 5) is 10.9. The normalized spacial score (nSPS) is 10.2. The summed E-state index contributed by atoms with van der Waals surface area (Å²) in [5, 5.41) is 2.78. The van der Waals surface area contributed by atoms with Crippen LogP contribution < -0.4 is 5.32 Å². The molecule has 0 fully saturated rings. The first-order valence-corrected chi connectivity index (χ1v) is 6.59. The van der Waals surface area contributed by atoms with E-state index in [0.717, 1.165) is 12.1 Å². The summed E-state index contributed by atoms with van der Waals surface area (Å²) in [7, 11) is 0. The summed E-state index contributed by atoms with van der Waals surface area (Å²) in [5.74, 6) is -0.0164. The Hall–Kier alpha value is -1.31. The van der Waals surface area contributed by atoms with E-state index >= 15 is 0 Å². The maximum absolute atomic E-state index is 10.9. The fourth-order valence-electron chi connectivity index (χ4n) is 1.89. The van der Waals surface area contributed by atoms with Crippen LogP contribution in [-0.2, 0) is 11.2 Å². The molecule has 94 valence electrons. The minimum Gasteiger partial charge on any atom is -0.326 e. The van der Waals surface area contributed by atoms with Gasteiger partial charge in [-0.05, 0) is 30.5 Å². The third-order valence-electron chi connectivity index (χ3n) is 2.84. The molecule has 0 saturated carbocycles. The number of anilines is 1. The first-order valence-electron chi connectivity index (χ1n) is 6.59. The SMILES string of the molecule is CCCCCCCc1ccc(NC(C)=O)cc1. The molecule has 0 aliphatic carbocycles. The summed E-state index contributed by atoms with van der Waals surface area (Å²) < 4.78 is 0. The lowest BCUT2D eigenvalue weighted by molar-refractivity contribution is -0.114. The fraction of sp³-hybridized carbons (Fsp3) is 0.533. The Morgan fingerprint density at radius 3 is 2.29 bits per heavy atom. The second-order valence-corrected chi connectivity index (χ2v) is 4.54. The molecule has 1 amide bonds. The van der Waals surface area contributed by atoms with Crippen molar-refractivity contribution in [1.82, 2.24) is 0 Å². The average Bonchev–Trinajstić information content (AvgIpc) is 2.30. The maximum atomic E-state index is 10.9. The van der Waals surface area contributed by atoms with E-state index in [1.807, 2.05) is 12.1 Å². The zero-order valence-electron chi connectivity index (χ0n) is 11.0. The van der Waals surface area contributed by atoms with E-state index in [1.54, 1.807) is 0 Å². The molecule has 0 aromatic heterocycles. The Bertz CT molecular complexity index is 329. The molecule has 0 aliphatic heterocycles. The lowest BCUT2D eigenvalue weighted by Crippen LogP contribution is -2.05. The van der Waals surface area contributed by atoms with Gasteiger partial charge in [-0.1, -0.05) is 44.7 Å². The van der Waals surface area contributed by atoms with Gasteiger partial charge in [0.2, 0.25) is 5.91 Å². The number of nitrogens with one attached hydrogen (secondary N) is 1.